The quantitative estimate of drug-likeness (QED) is 0.608. The van der Waals surface area contributed by atoms with Gasteiger partial charge in [-0.05, 0) is 50.4 Å². The number of ether oxygens (including phenoxy) is 1. The van der Waals surface area contributed by atoms with E-state index >= 15 is 0 Å². The fourth-order valence-electron chi connectivity index (χ4n) is 5.37. The lowest BCUT2D eigenvalue weighted by atomic mass is 9.89. The van der Waals surface area contributed by atoms with Crippen molar-refractivity contribution in [3.63, 3.8) is 0 Å². The molecule has 1 aliphatic carbocycles. The molecule has 1 aromatic carbocycles. The Morgan fingerprint density at radius 1 is 0.969 bits per heavy atom. The van der Waals surface area contributed by atoms with Gasteiger partial charge in [0.1, 0.15) is 23.5 Å². The maximum atomic E-state index is 6.34. The molecule has 1 aliphatic heterocycles. The minimum absolute atomic E-state index is 0.417. The van der Waals surface area contributed by atoms with Gasteiger partial charge in [-0.15, -0.1) is 0 Å². The standard InChI is InChI=1S/C24H33N7O/c1-29-9-11-30(12-10-29)17-4-6-18(7-5-17)31-14-19(22-23(26)27-15-28-24(22)31)16-3-8-20(25)21(13-16)32-2/h3,8,13-15,17-18H,4-7,9-12,25H2,1-2H3,(H2,26,27,28)/t17-,18-. The number of aromatic nitrogens is 3. The monoisotopic (exact) mass is 435 g/mol. The summed E-state index contributed by atoms with van der Waals surface area (Å²) < 4.78 is 7.77. The number of anilines is 2. The molecule has 0 unspecified atom stereocenters. The maximum absolute atomic E-state index is 6.34. The van der Waals surface area contributed by atoms with Crippen molar-refractivity contribution < 1.29 is 4.74 Å². The molecule has 0 bridgehead atoms. The Morgan fingerprint density at radius 3 is 2.41 bits per heavy atom. The second kappa shape index (κ2) is 8.60. The molecular formula is C24H33N7O. The molecule has 5 rings (SSSR count). The second-order valence-corrected chi connectivity index (χ2v) is 9.17. The summed E-state index contributed by atoms with van der Waals surface area (Å²) >= 11 is 0. The van der Waals surface area contributed by atoms with Gasteiger partial charge in [0.15, 0.2) is 0 Å². The normalized spacial score (nSPS) is 22.9. The Morgan fingerprint density at radius 2 is 1.69 bits per heavy atom. The summed E-state index contributed by atoms with van der Waals surface area (Å²) in [6.45, 7) is 4.72. The van der Waals surface area contributed by atoms with Crippen molar-refractivity contribution in [1.82, 2.24) is 24.3 Å². The van der Waals surface area contributed by atoms with E-state index in [-0.39, 0.29) is 0 Å². The highest BCUT2D eigenvalue weighted by Gasteiger charge is 2.30. The van der Waals surface area contributed by atoms with Gasteiger partial charge in [-0.3, -0.25) is 4.90 Å². The Labute approximate surface area is 189 Å². The van der Waals surface area contributed by atoms with Gasteiger partial charge in [0, 0.05) is 50.0 Å². The molecule has 2 aliphatic rings. The van der Waals surface area contributed by atoms with E-state index in [1.54, 1.807) is 13.4 Å². The molecule has 1 saturated heterocycles. The van der Waals surface area contributed by atoms with Gasteiger partial charge in [-0.1, -0.05) is 6.07 Å². The molecule has 4 N–H and O–H groups in total. The molecule has 1 saturated carbocycles. The zero-order chi connectivity index (χ0) is 22.2. The lowest BCUT2D eigenvalue weighted by molar-refractivity contribution is 0.0828. The summed E-state index contributed by atoms with van der Waals surface area (Å²) in [5, 5.41) is 0.903. The van der Waals surface area contributed by atoms with Crippen LogP contribution in [0.4, 0.5) is 11.5 Å². The average molecular weight is 436 g/mol. The van der Waals surface area contributed by atoms with Gasteiger partial charge >= 0.3 is 0 Å². The summed E-state index contributed by atoms with van der Waals surface area (Å²) in [5.41, 5.74) is 15.9. The van der Waals surface area contributed by atoms with Gasteiger partial charge in [-0.2, -0.15) is 0 Å². The first-order chi connectivity index (χ1) is 15.5. The van der Waals surface area contributed by atoms with Crippen LogP contribution in [-0.2, 0) is 0 Å². The first-order valence-electron chi connectivity index (χ1n) is 11.5. The largest absolute Gasteiger partial charge is 0.495 e. The summed E-state index contributed by atoms with van der Waals surface area (Å²) in [7, 11) is 3.85. The van der Waals surface area contributed by atoms with E-state index in [1.165, 1.54) is 39.0 Å². The Balaban J connectivity index is 1.44. The van der Waals surface area contributed by atoms with E-state index in [2.05, 4.69) is 37.6 Å². The van der Waals surface area contributed by atoms with Crippen LogP contribution in [0.25, 0.3) is 22.2 Å². The third-order valence-corrected chi connectivity index (χ3v) is 7.30. The highest BCUT2D eigenvalue weighted by atomic mass is 16.5. The van der Waals surface area contributed by atoms with Crippen LogP contribution in [0.15, 0.2) is 30.7 Å². The molecule has 0 amide bonds. The van der Waals surface area contributed by atoms with Crippen molar-refractivity contribution in [2.45, 2.75) is 37.8 Å². The molecule has 8 heteroatoms. The second-order valence-electron chi connectivity index (χ2n) is 9.17. The van der Waals surface area contributed by atoms with Gasteiger partial charge in [0.2, 0.25) is 0 Å². The number of rotatable bonds is 4. The number of likely N-dealkylation sites (N-methyl/N-ethyl adjacent to an activating group) is 1. The number of nitrogens with two attached hydrogens (primary N) is 2. The van der Waals surface area contributed by atoms with Gasteiger partial charge in [0.05, 0.1) is 18.2 Å². The maximum Gasteiger partial charge on any atom is 0.146 e. The zero-order valence-corrected chi connectivity index (χ0v) is 19.0. The molecule has 170 valence electrons. The van der Waals surface area contributed by atoms with Crippen LogP contribution < -0.4 is 16.2 Å². The fraction of sp³-hybridized carbons (Fsp3) is 0.500. The van der Waals surface area contributed by atoms with Gasteiger partial charge in [-0.25, -0.2) is 9.97 Å². The van der Waals surface area contributed by atoms with Crippen LogP contribution >= 0.6 is 0 Å². The van der Waals surface area contributed by atoms with Crippen LogP contribution in [0.2, 0.25) is 0 Å². The molecule has 0 radical (unpaired) electrons. The topological polar surface area (TPSA) is 98.5 Å². The lowest BCUT2D eigenvalue weighted by Crippen LogP contribution is -2.49. The lowest BCUT2D eigenvalue weighted by Gasteiger charge is -2.41. The molecule has 0 atom stereocenters. The van der Waals surface area contributed by atoms with Gasteiger partial charge in [0.25, 0.3) is 0 Å². The van der Waals surface area contributed by atoms with E-state index < -0.39 is 0 Å². The number of methoxy groups -OCH3 is 1. The van der Waals surface area contributed by atoms with E-state index in [0.717, 1.165) is 35.0 Å². The smallest absolute Gasteiger partial charge is 0.146 e. The van der Waals surface area contributed by atoms with Crippen LogP contribution in [-0.4, -0.2) is 70.7 Å². The number of hydrogen-bond acceptors (Lipinski definition) is 7. The van der Waals surface area contributed by atoms with E-state index in [0.29, 0.717) is 29.3 Å². The summed E-state index contributed by atoms with van der Waals surface area (Å²) in [6, 6.07) is 6.96. The Kier molecular flexibility index (Phi) is 5.65. The Bertz CT molecular complexity index is 1100. The van der Waals surface area contributed by atoms with Crippen molar-refractivity contribution >= 4 is 22.5 Å². The van der Waals surface area contributed by atoms with Crippen molar-refractivity contribution in [1.29, 1.82) is 0 Å². The summed E-state index contributed by atoms with van der Waals surface area (Å²) in [4.78, 5) is 14.0. The molecule has 3 heterocycles. The number of nitrogens with zero attached hydrogens (tertiary/aromatic N) is 5. The Hall–Kier alpha value is -2.84. The first-order valence-corrected chi connectivity index (χ1v) is 11.5. The predicted octanol–water partition coefficient (Wildman–Crippen LogP) is 3.00. The molecule has 2 aromatic heterocycles. The minimum Gasteiger partial charge on any atom is -0.495 e. The molecule has 8 nitrogen and oxygen atoms in total. The SMILES string of the molecule is COc1cc(-c2cn([C@H]3CC[C@H](N4CCN(C)CC4)CC3)c3ncnc(N)c23)ccc1N. The number of benzene rings is 1. The number of fused-ring (bicyclic) bond motifs is 1. The van der Waals surface area contributed by atoms with Crippen molar-refractivity contribution in [3.8, 4) is 16.9 Å². The molecular weight excluding hydrogens is 402 g/mol. The van der Waals surface area contributed by atoms with Crippen molar-refractivity contribution in [2.75, 3.05) is 51.8 Å². The van der Waals surface area contributed by atoms with Crippen LogP contribution in [0.5, 0.6) is 5.75 Å². The summed E-state index contributed by atoms with van der Waals surface area (Å²) in [6.07, 6.45) is 8.50. The number of nitrogen functional groups attached to an aromatic ring is 2. The van der Waals surface area contributed by atoms with E-state index in [4.69, 9.17) is 16.2 Å². The first kappa shape index (κ1) is 21.0. The highest BCUT2D eigenvalue weighted by Crippen LogP contribution is 2.40. The molecule has 0 spiro atoms. The molecule has 3 aromatic rings. The average Bonchev–Trinajstić information content (AvgIpc) is 3.21. The fourth-order valence-corrected chi connectivity index (χ4v) is 5.37. The van der Waals surface area contributed by atoms with Crippen molar-refractivity contribution in [2.24, 2.45) is 0 Å². The van der Waals surface area contributed by atoms with E-state index in [9.17, 15) is 0 Å². The minimum atomic E-state index is 0.417. The number of piperazine rings is 1. The third kappa shape index (κ3) is 3.78. The van der Waals surface area contributed by atoms with Crippen LogP contribution in [0, 0.1) is 0 Å². The predicted molar refractivity (Wildman–Crippen MR) is 129 cm³/mol. The highest BCUT2D eigenvalue weighted by molar-refractivity contribution is 6.01. The zero-order valence-electron chi connectivity index (χ0n) is 19.0. The van der Waals surface area contributed by atoms with Crippen molar-refractivity contribution in [3.05, 3.63) is 30.7 Å². The molecule has 32 heavy (non-hydrogen) atoms. The molecule has 2 fully saturated rings. The van der Waals surface area contributed by atoms with Gasteiger partial charge < -0.3 is 25.7 Å². The van der Waals surface area contributed by atoms with E-state index in [1.807, 2.05) is 18.2 Å². The third-order valence-electron chi connectivity index (χ3n) is 7.30. The van der Waals surface area contributed by atoms with Crippen LogP contribution in [0.3, 0.4) is 0 Å². The number of hydrogen-bond donors (Lipinski definition) is 2. The van der Waals surface area contributed by atoms with Crippen LogP contribution in [0.1, 0.15) is 31.7 Å². The summed E-state index contributed by atoms with van der Waals surface area (Å²) in [5.74, 6) is 1.16.